The topological polar surface area (TPSA) is 66.6 Å². The summed E-state index contributed by atoms with van der Waals surface area (Å²) >= 11 is 0. The Balaban J connectivity index is 1.91. The Labute approximate surface area is 106 Å². The molecule has 1 fully saturated rings. The summed E-state index contributed by atoms with van der Waals surface area (Å²) in [5.41, 5.74) is 7.89. The normalized spacial score (nSPS) is 30.9. The fraction of sp³-hybridized carbons (Fsp3) is 0.500. The van der Waals surface area contributed by atoms with Crippen molar-refractivity contribution in [2.45, 2.75) is 25.0 Å². The lowest BCUT2D eigenvalue weighted by atomic mass is 10.1. The molecule has 4 nitrogen and oxygen atoms in total. The van der Waals surface area contributed by atoms with Gasteiger partial charge in [0.15, 0.2) is 0 Å². The van der Waals surface area contributed by atoms with Gasteiger partial charge in [0.25, 0.3) is 0 Å². The summed E-state index contributed by atoms with van der Waals surface area (Å²) in [4.78, 5) is 13.9. The van der Waals surface area contributed by atoms with Crippen molar-refractivity contribution in [3.05, 3.63) is 35.4 Å². The summed E-state index contributed by atoms with van der Waals surface area (Å²) in [6.45, 7) is 1.21. The van der Waals surface area contributed by atoms with E-state index in [0.29, 0.717) is 25.9 Å². The molecule has 1 heterocycles. The monoisotopic (exact) mass is 246 g/mol. The number of aliphatic hydroxyl groups excluding tert-OH is 1. The van der Waals surface area contributed by atoms with E-state index < -0.39 is 6.10 Å². The number of nitrogens with two attached hydrogens (primary N) is 1. The highest BCUT2D eigenvalue weighted by Gasteiger charge is 2.41. The predicted octanol–water partition coefficient (Wildman–Crippen LogP) is 0.452. The van der Waals surface area contributed by atoms with Crippen LogP contribution in [0.5, 0.6) is 0 Å². The minimum absolute atomic E-state index is 0.117. The molecule has 0 bridgehead atoms. The van der Waals surface area contributed by atoms with E-state index in [9.17, 15) is 9.90 Å². The van der Waals surface area contributed by atoms with Gasteiger partial charge in [-0.25, -0.2) is 0 Å². The van der Waals surface area contributed by atoms with E-state index in [1.165, 1.54) is 0 Å². The minimum Gasteiger partial charge on any atom is -0.390 e. The van der Waals surface area contributed by atoms with Gasteiger partial charge < -0.3 is 15.7 Å². The van der Waals surface area contributed by atoms with Gasteiger partial charge in [-0.05, 0) is 23.6 Å². The van der Waals surface area contributed by atoms with Gasteiger partial charge in [0.05, 0.1) is 12.1 Å². The third-order valence-corrected chi connectivity index (χ3v) is 4.07. The molecule has 4 heteroatoms. The molecule has 1 aliphatic carbocycles. The zero-order valence-corrected chi connectivity index (χ0v) is 10.2. The van der Waals surface area contributed by atoms with E-state index in [1.54, 1.807) is 0 Å². The van der Waals surface area contributed by atoms with Gasteiger partial charge in [0, 0.05) is 19.4 Å². The fourth-order valence-corrected chi connectivity index (χ4v) is 3.16. The Hall–Kier alpha value is -1.39. The number of amides is 1. The van der Waals surface area contributed by atoms with Crippen LogP contribution < -0.4 is 5.73 Å². The van der Waals surface area contributed by atoms with Crippen molar-refractivity contribution in [2.24, 2.45) is 11.7 Å². The van der Waals surface area contributed by atoms with Crippen molar-refractivity contribution >= 4 is 5.91 Å². The molecule has 18 heavy (non-hydrogen) atoms. The third-order valence-electron chi connectivity index (χ3n) is 4.07. The zero-order valence-electron chi connectivity index (χ0n) is 10.2. The Morgan fingerprint density at radius 1 is 1.33 bits per heavy atom. The molecule has 3 rings (SSSR count). The molecule has 1 aliphatic heterocycles. The Kier molecular flexibility index (Phi) is 2.84. The number of benzene rings is 1. The summed E-state index contributed by atoms with van der Waals surface area (Å²) in [5.74, 6) is 0.351. The molecule has 1 unspecified atom stereocenters. The maximum absolute atomic E-state index is 12.0. The van der Waals surface area contributed by atoms with Crippen LogP contribution >= 0.6 is 0 Å². The van der Waals surface area contributed by atoms with Crippen molar-refractivity contribution in [3.63, 3.8) is 0 Å². The van der Waals surface area contributed by atoms with Crippen LogP contribution in [0.4, 0.5) is 0 Å². The SMILES string of the molecule is NCC1CC(=O)N([C@H]2c3ccccc3C[C@H]2O)C1. The summed E-state index contributed by atoms with van der Waals surface area (Å²) in [6.07, 6.45) is 0.669. The van der Waals surface area contributed by atoms with Crippen molar-refractivity contribution in [1.29, 1.82) is 0 Å². The molecule has 1 amide bonds. The third kappa shape index (κ3) is 1.72. The Morgan fingerprint density at radius 2 is 2.11 bits per heavy atom. The number of carbonyl (C=O) groups is 1. The average Bonchev–Trinajstić information content (AvgIpc) is 2.88. The van der Waals surface area contributed by atoms with E-state index >= 15 is 0 Å². The minimum atomic E-state index is -0.483. The molecule has 2 aliphatic rings. The number of nitrogens with zero attached hydrogens (tertiary/aromatic N) is 1. The van der Waals surface area contributed by atoms with Crippen LogP contribution in [0.2, 0.25) is 0 Å². The number of fused-ring (bicyclic) bond motifs is 1. The quantitative estimate of drug-likeness (QED) is 0.796. The Bertz CT molecular complexity index is 475. The lowest BCUT2D eigenvalue weighted by Gasteiger charge is -2.28. The number of hydrogen-bond acceptors (Lipinski definition) is 3. The highest BCUT2D eigenvalue weighted by atomic mass is 16.3. The zero-order chi connectivity index (χ0) is 12.7. The van der Waals surface area contributed by atoms with E-state index in [-0.39, 0.29) is 17.9 Å². The summed E-state index contributed by atoms with van der Waals surface area (Å²) in [5, 5.41) is 10.2. The number of rotatable bonds is 2. The van der Waals surface area contributed by atoms with Crippen molar-refractivity contribution in [1.82, 2.24) is 4.90 Å². The maximum Gasteiger partial charge on any atom is 0.223 e. The summed E-state index contributed by atoms with van der Waals surface area (Å²) < 4.78 is 0. The van der Waals surface area contributed by atoms with Crippen LogP contribution in [0, 0.1) is 5.92 Å². The molecule has 1 aromatic rings. The van der Waals surface area contributed by atoms with Gasteiger partial charge in [-0.1, -0.05) is 24.3 Å². The molecular weight excluding hydrogens is 228 g/mol. The molecule has 3 atom stereocenters. The molecule has 3 N–H and O–H groups in total. The molecule has 0 radical (unpaired) electrons. The molecule has 0 aromatic heterocycles. The highest BCUT2D eigenvalue weighted by molar-refractivity contribution is 5.79. The van der Waals surface area contributed by atoms with Crippen LogP contribution in [0.25, 0.3) is 0 Å². The van der Waals surface area contributed by atoms with E-state index in [0.717, 1.165) is 11.1 Å². The summed E-state index contributed by atoms with van der Waals surface area (Å²) in [7, 11) is 0. The second-order valence-corrected chi connectivity index (χ2v) is 5.27. The van der Waals surface area contributed by atoms with Gasteiger partial charge in [-0.15, -0.1) is 0 Å². The van der Waals surface area contributed by atoms with Gasteiger partial charge in [0.2, 0.25) is 5.91 Å². The lowest BCUT2D eigenvalue weighted by molar-refractivity contribution is -0.131. The molecule has 96 valence electrons. The average molecular weight is 246 g/mol. The maximum atomic E-state index is 12.0. The first kappa shape index (κ1) is 11.7. The smallest absolute Gasteiger partial charge is 0.223 e. The predicted molar refractivity (Wildman–Crippen MR) is 67.8 cm³/mol. The summed E-state index contributed by atoms with van der Waals surface area (Å²) in [6, 6.07) is 7.80. The van der Waals surface area contributed by atoms with Crippen LogP contribution in [0.1, 0.15) is 23.6 Å². The molecular formula is C14H18N2O2. The molecule has 1 saturated heterocycles. The number of carbonyl (C=O) groups excluding carboxylic acids is 1. The van der Waals surface area contributed by atoms with Crippen molar-refractivity contribution < 1.29 is 9.90 Å². The van der Waals surface area contributed by atoms with Gasteiger partial charge >= 0.3 is 0 Å². The van der Waals surface area contributed by atoms with Crippen LogP contribution in [0.15, 0.2) is 24.3 Å². The van der Waals surface area contributed by atoms with E-state index in [4.69, 9.17) is 5.73 Å². The molecule has 0 saturated carbocycles. The lowest BCUT2D eigenvalue weighted by Crippen LogP contribution is -2.35. The van der Waals surface area contributed by atoms with Crippen LogP contribution in [0.3, 0.4) is 0 Å². The van der Waals surface area contributed by atoms with Crippen molar-refractivity contribution in [2.75, 3.05) is 13.1 Å². The van der Waals surface area contributed by atoms with Gasteiger partial charge in [-0.2, -0.15) is 0 Å². The standard InChI is InChI=1S/C14H18N2O2/c15-7-9-5-13(18)16(8-9)14-11-4-2-1-3-10(11)6-12(14)17/h1-4,9,12,14,17H,5-8,15H2/t9?,12-,14+/m1/s1. The highest BCUT2D eigenvalue weighted by Crippen LogP contribution is 2.38. The van der Waals surface area contributed by atoms with Gasteiger partial charge in [-0.3, -0.25) is 4.79 Å². The Morgan fingerprint density at radius 3 is 2.83 bits per heavy atom. The van der Waals surface area contributed by atoms with E-state index in [1.807, 2.05) is 29.2 Å². The first-order valence-corrected chi connectivity index (χ1v) is 6.46. The second kappa shape index (κ2) is 4.37. The van der Waals surface area contributed by atoms with Crippen molar-refractivity contribution in [3.8, 4) is 0 Å². The van der Waals surface area contributed by atoms with Crippen LogP contribution in [-0.2, 0) is 11.2 Å². The first-order valence-electron chi connectivity index (χ1n) is 6.46. The van der Waals surface area contributed by atoms with Gasteiger partial charge in [0.1, 0.15) is 0 Å². The molecule has 1 aromatic carbocycles. The molecule has 0 spiro atoms. The first-order chi connectivity index (χ1) is 8.70. The number of aliphatic hydroxyl groups is 1. The van der Waals surface area contributed by atoms with Crippen LogP contribution in [-0.4, -0.2) is 35.1 Å². The number of likely N-dealkylation sites (tertiary alicyclic amines) is 1. The number of hydrogen-bond donors (Lipinski definition) is 2. The largest absolute Gasteiger partial charge is 0.390 e. The second-order valence-electron chi connectivity index (χ2n) is 5.27. The van der Waals surface area contributed by atoms with E-state index in [2.05, 4.69) is 0 Å². The fourth-order valence-electron chi connectivity index (χ4n) is 3.16.